The van der Waals surface area contributed by atoms with E-state index in [0.717, 1.165) is 33.5 Å². The van der Waals surface area contributed by atoms with Crippen LogP contribution in [0.5, 0.6) is 5.75 Å². The van der Waals surface area contributed by atoms with Gasteiger partial charge in [0.15, 0.2) is 0 Å². The first-order valence-corrected chi connectivity index (χ1v) is 10.0. The second kappa shape index (κ2) is 8.91. The first kappa shape index (κ1) is 20.6. The number of nitro benzene ring substituents is 1. The molecule has 0 saturated carbocycles. The van der Waals surface area contributed by atoms with E-state index in [9.17, 15) is 14.9 Å². The van der Waals surface area contributed by atoms with Gasteiger partial charge in [0.2, 0.25) is 5.91 Å². The molecule has 1 aromatic heterocycles. The van der Waals surface area contributed by atoms with Gasteiger partial charge < -0.3 is 10.1 Å². The van der Waals surface area contributed by atoms with Crippen molar-refractivity contribution in [3.63, 3.8) is 0 Å². The van der Waals surface area contributed by atoms with E-state index < -0.39 is 4.92 Å². The van der Waals surface area contributed by atoms with Crippen LogP contribution in [0.25, 0.3) is 10.9 Å². The first-order valence-electron chi connectivity index (χ1n) is 9.06. The zero-order valence-corrected chi connectivity index (χ0v) is 17.2. The standard InChI is InChI=1S/C21H21N3O4S/c1-4-14-10-15-6-5-13(2)9-18(15)23-21(14)29-12-20(25)22-17-8-7-16(24(26)27)11-19(17)28-3/h5-11H,4,12H2,1-3H3,(H,22,25). The van der Waals surface area contributed by atoms with E-state index in [1.54, 1.807) is 0 Å². The van der Waals surface area contributed by atoms with Gasteiger partial charge in [0.1, 0.15) is 10.8 Å². The highest BCUT2D eigenvalue weighted by Crippen LogP contribution is 2.30. The fourth-order valence-electron chi connectivity index (χ4n) is 2.90. The van der Waals surface area contributed by atoms with Crippen molar-refractivity contribution in [3.8, 4) is 5.75 Å². The molecular weight excluding hydrogens is 390 g/mol. The van der Waals surface area contributed by atoms with Crippen molar-refractivity contribution < 1.29 is 14.5 Å². The smallest absolute Gasteiger partial charge is 0.273 e. The number of aryl methyl sites for hydroxylation is 2. The number of fused-ring (bicyclic) bond motifs is 1. The number of hydrogen-bond donors (Lipinski definition) is 1. The van der Waals surface area contributed by atoms with Gasteiger partial charge >= 0.3 is 0 Å². The summed E-state index contributed by atoms with van der Waals surface area (Å²) in [6, 6.07) is 12.3. The van der Waals surface area contributed by atoms with Crippen LogP contribution in [0.4, 0.5) is 11.4 Å². The van der Waals surface area contributed by atoms with Crippen LogP contribution >= 0.6 is 11.8 Å². The molecule has 0 aliphatic carbocycles. The molecule has 0 unspecified atom stereocenters. The Morgan fingerprint density at radius 2 is 2.03 bits per heavy atom. The van der Waals surface area contributed by atoms with E-state index in [0.29, 0.717) is 5.69 Å². The maximum atomic E-state index is 12.4. The fraction of sp³-hybridized carbons (Fsp3) is 0.238. The summed E-state index contributed by atoms with van der Waals surface area (Å²) < 4.78 is 5.16. The zero-order valence-electron chi connectivity index (χ0n) is 16.4. The number of carbonyl (C=O) groups is 1. The van der Waals surface area contributed by atoms with E-state index in [4.69, 9.17) is 9.72 Å². The monoisotopic (exact) mass is 411 g/mol. The number of amides is 1. The number of rotatable bonds is 7. The van der Waals surface area contributed by atoms with E-state index in [-0.39, 0.29) is 23.1 Å². The Kier molecular flexibility index (Phi) is 6.33. The molecule has 0 aliphatic rings. The van der Waals surface area contributed by atoms with Gasteiger partial charge in [0, 0.05) is 11.5 Å². The van der Waals surface area contributed by atoms with Crippen molar-refractivity contribution in [2.24, 2.45) is 0 Å². The second-order valence-corrected chi connectivity index (χ2v) is 7.44. The molecule has 0 aliphatic heterocycles. The van der Waals surface area contributed by atoms with E-state index in [2.05, 4.69) is 30.4 Å². The molecule has 1 amide bonds. The zero-order chi connectivity index (χ0) is 21.0. The molecular formula is C21H21N3O4S. The lowest BCUT2D eigenvalue weighted by Crippen LogP contribution is -2.15. The minimum atomic E-state index is -0.511. The molecule has 2 aromatic carbocycles. The first-order chi connectivity index (χ1) is 13.9. The number of pyridine rings is 1. The Bertz CT molecular complexity index is 1080. The largest absolute Gasteiger partial charge is 0.494 e. The fourth-order valence-corrected chi connectivity index (χ4v) is 3.79. The molecule has 0 spiro atoms. The normalized spacial score (nSPS) is 10.7. The van der Waals surface area contributed by atoms with Crippen LogP contribution in [0.1, 0.15) is 18.1 Å². The van der Waals surface area contributed by atoms with Crippen LogP contribution in [0, 0.1) is 17.0 Å². The van der Waals surface area contributed by atoms with Crippen molar-refractivity contribution >= 4 is 39.9 Å². The molecule has 0 atom stereocenters. The minimum absolute atomic E-state index is 0.0996. The molecule has 150 valence electrons. The molecule has 0 fully saturated rings. The number of nitrogens with zero attached hydrogens (tertiary/aromatic N) is 2. The van der Waals surface area contributed by atoms with Gasteiger partial charge in [-0.2, -0.15) is 0 Å². The maximum absolute atomic E-state index is 12.4. The lowest BCUT2D eigenvalue weighted by Gasteiger charge is -2.11. The number of hydrogen-bond acceptors (Lipinski definition) is 6. The van der Waals surface area contributed by atoms with E-state index >= 15 is 0 Å². The van der Waals surface area contributed by atoms with E-state index in [1.165, 1.54) is 37.1 Å². The summed E-state index contributed by atoms with van der Waals surface area (Å²) in [5.41, 5.74) is 3.42. The number of nitro groups is 1. The van der Waals surface area contributed by atoms with Crippen LogP contribution in [0.3, 0.4) is 0 Å². The third-order valence-corrected chi connectivity index (χ3v) is 5.44. The SMILES string of the molecule is CCc1cc2ccc(C)cc2nc1SCC(=O)Nc1ccc([N+](=O)[O-])cc1OC. The van der Waals surface area contributed by atoms with Crippen molar-refractivity contribution in [1.29, 1.82) is 0 Å². The van der Waals surface area contributed by atoms with Gasteiger partial charge in [-0.3, -0.25) is 14.9 Å². The highest BCUT2D eigenvalue weighted by molar-refractivity contribution is 8.00. The number of methoxy groups -OCH3 is 1. The second-order valence-electron chi connectivity index (χ2n) is 6.48. The number of non-ortho nitro benzene ring substituents is 1. The lowest BCUT2D eigenvalue weighted by molar-refractivity contribution is -0.384. The molecule has 0 bridgehead atoms. The highest BCUT2D eigenvalue weighted by Gasteiger charge is 2.15. The summed E-state index contributed by atoms with van der Waals surface area (Å²) in [4.78, 5) is 27.6. The summed E-state index contributed by atoms with van der Waals surface area (Å²) in [5.74, 6) is 0.165. The van der Waals surface area contributed by atoms with Gasteiger partial charge in [-0.05, 0) is 42.7 Å². The lowest BCUT2D eigenvalue weighted by atomic mass is 10.1. The Balaban J connectivity index is 1.74. The summed E-state index contributed by atoms with van der Waals surface area (Å²) in [6.07, 6.45) is 0.816. The molecule has 0 saturated heterocycles. The number of thioether (sulfide) groups is 1. The van der Waals surface area contributed by atoms with Crippen molar-refractivity contribution in [2.75, 3.05) is 18.2 Å². The van der Waals surface area contributed by atoms with Crippen LogP contribution in [-0.4, -0.2) is 28.7 Å². The minimum Gasteiger partial charge on any atom is -0.494 e. The van der Waals surface area contributed by atoms with Crippen LogP contribution in [0.15, 0.2) is 47.5 Å². The Hall–Kier alpha value is -3.13. The molecule has 1 N–H and O–H groups in total. The Morgan fingerprint density at radius 1 is 1.24 bits per heavy atom. The summed E-state index contributed by atoms with van der Waals surface area (Å²) in [7, 11) is 1.40. The molecule has 3 aromatic rings. The number of nitrogens with one attached hydrogen (secondary N) is 1. The number of aromatic nitrogens is 1. The number of ether oxygens (including phenoxy) is 1. The molecule has 8 heteroatoms. The van der Waals surface area contributed by atoms with E-state index in [1.807, 2.05) is 13.0 Å². The van der Waals surface area contributed by atoms with Crippen molar-refractivity contribution in [2.45, 2.75) is 25.3 Å². The molecule has 29 heavy (non-hydrogen) atoms. The number of carbonyl (C=O) groups excluding carboxylic acids is 1. The van der Waals surface area contributed by atoms with Gasteiger partial charge in [0.25, 0.3) is 5.69 Å². The van der Waals surface area contributed by atoms with Gasteiger partial charge in [-0.15, -0.1) is 0 Å². The van der Waals surface area contributed by atoms with Gasteiger partial charge in [0.05, 0.1) is 35.1 Å². The van der Waals surface area contributed by atoms with Gasteiger partial charge in [-0.1, -0.05) is 30.8 Å². The summed E-state index contributed by atoms with van der Waals surface area (Å²) in [6.45, 7) is 4.08. The summed E-state index contributed by atoms with van der Waals surface area (Å²) >= 11 is 1.37. The average molecular weight is 411 g/mol. The maximum Gasteiger partial charge on any atom is 0.273 e. The van der Waals surface area contributed by atoms with Crippen LogP contribution in [-0.2, 0) is 11.2 Å². The van der Waals surface area contributed by atoms with Crippen LogP contribution in [0.2, 0.25) is 0 Å². The van der Waals surface area contributed by atoms with Crippen molar-refractivity contribution in [3.05, 3.63) is 63.7 Å². The number of anilines is 1. The molecule has 7 nitrogen and oxygen atoms in total. The Morgan fingerprint density at radius 3 is 2.72 bits per heavy atom. The highest BCUT2D eigenvalue weighted by atomic mass is 32.2. The Labute approximate surface area is 172 Å². The van der Waals surface area contributed by atoms with Crippen LogP contribution < -0.4 is 10.1 Å². The van der Waals surface area contributed by atoms with Crippen molar-refractivity contribution in [1.82, 2.24) is 4.98 Å². The topological polar surface area (TPSA) is 94.4 Å². The third-order valence-electron chi connectivity index (χ3n) is 4.40. The third kappa shape index (κ3) is 4.83. The molecule has 0 radical (unpaired) electrons. The average Bonchev–Trinajstić information content (AvgIpc) is 2.71. The molecule has 1 heterocycles. The predicted molar refractivity (Wildman–Crippen MR) is 115 cm³/mol. The van der Waals surface area contributed by atoms with Gasteiger partial charge in [-0.25, -0.2) is 4.98 Å². The predicted octanol–water partition coefficient (Wildman–Crippen LogP) is 4.75. The number of benzene rings is 2. The molecule has 3 rings (SSSR count). The quantitative estimate of drug-likeness (QED) is 0.342. The summed E-state index contributed by atoms with van der Waals surface area (Å²) in [5, 5.41) is 15.5.